The quantitative estimate of drug-likeness (QED) is 0.739. The molecule has 138 valence electrons. The van der Waals surface area contributed by atoms with E-state index >= 15 is 0 Å². The molecule has 3 aromatic rings. The maximum absolute atomic E-state index is 5.68. The number of aromatic nitrogens is 3. The van der Waals surface area contributed by atoms with Crippen molar-refractivity contribution in [1.29, 1.82) is 0 Å². The summed E-state index contributed by atoms with van der Waals surface area (Å²) in [6.07, 6.45) is 6.06. The number of ether oxygens (including phenoxy) is 1. The predicted molar refractivity (Wildman–Crippen MR) is 105 cm³/mol. The number of hydrogen-bond donors (Lipinski definition) is 2. The van der Waals surface area contributed by atoms with Crippen molar-refractivity contribution in [2.75, 3.05) is 23.3 Å². The number of hydrogen-bond acceptors (Lipinski definition) is 5. The van der Waals surface area contributed by atoms with Gasteiger partial charge in [-0.3, -0.25) is 0 Å². The number of aromatic amines is 1. The Hall–Kier alpha value is -2.60. The first-order chi connectivity index (χ1) is 13.3. The van der Waals surface area contributed by atoms with Crippen LogP contribution in [0, 0.1) is 11.8 Å². The molecule has 4 heterocycles. The Labute approximate surface area is 158 Å². The maximum atomic E-state index is 5.68. The molecule has 1 saturated carbocycles. The Morgan fingerprint density at radius 1 is 1.07 bits per heavy atom. The second-order valence-corrected chi connectivity index (χ2v) is 8.15. The zero-order chi connectivity index (χ0) is 17.8. The van der Waals surface area contributed by atoms with Crippen molar-refractivity contribution in [3.63, 3.8) is 0 Å². The van der Waals surface area contributed by atoms with Gasteiger partial charge in [0.15, 0.2) is 0 Å². The van der Waals surface area contributed by atoms with Gasteiger partial charge in [-0.15, -0.1) is 0 Å². The lowest BCUT2D eigenvalue weighted by Crippen LogP contribution is -2.37. The summed E-state index contributed by atoms with van der Waals surface area (Å²) >= 11 is 0. The lowest BCUT2D eigenvalue weighted by atomic mass is 9.99. The normalized spacial score (nSPS) is 23.8. The first kappa shape index (κ1) is 15.5. The fourth-order valence-electron chi connectivity index (χ4n) is 4.92. The van der Waals surface area contributed by atoms with E-state index in [-0.39, 0.29) is 0 Å². The number of nitrogens with zero attached hydrogens (tertiary/aromatic N) is 3. The molecule has 1 aromatic carbocycles. The number of H-pyrrole nitrogens is 1. The molecule has 0 spiro atoms. The highest BCUT2D eigenvalue weighted by Gasteiger charge is 2.34. The fourth-order valence-corrected chi connectivity index (χ4v) is 4.92. The molecule has 0 amide bonds. The van der Waals surface area contributed by atoms with Crippen LogP contribution in [-0.2, 0) is 18.0 Å². The molecule has 1 saturated heterocycles. The predicted octanol–water partition coefficient (Wildman–Crippen LogP) is 3.97. The second-order valence-electron chi connectivity index (χ2n) is 8.15. The van der Waals surface area contributed by atoms with Crippen molar-refractivity contribution in [2.24, 2.45) is 11.8 Å². The summed E-state index contributed by atoms with van der Waals surface area (Å²) in [4.78, 5) is 15.4. The van der Waals surface area contributed by atoms with E-state index in [1.54, 1.807) is 0 Å². The van der Waals surface area contributed by atoms with Crippen LogP contribution in [0.1, 0.15) is 30.5 Å². The van der Waals surface area contributed by atoms with Crippen LogP contribution in [0.25, 0.3) is 10.9 Å². The van der Waals surface area contributed by atoms with Gasteiger partial charge in [0.2, 0.25) is 5.95 Å². The van der Waals surface area contributed by atoms with Crippen molar-refractivity contribution >= 4 is 28.4 Å². The number of nitrogens with one attached hydrogen (secondary N) is 2. The third kappa shape index (κ3) is 2.67. The molecule has 2 aliphatic heterocycles. The lowest BCUT2D eigenvalue weighted by Gasteiger charge is -2.32. The molecule has 0 radical (unpaired) electrons. The minimum atomic E-state index is 0.579. The summed E-state index contributed by atoms with van der Waals surface area (Å²) in [5.74, 6) is 3.37. The van der Waals surface area contributed by atoms with Gasteiger partial charge in [0, 0.05) is 41.4 Å². The summed E-state index contributed by atoms with van der Waals surface area (Å²) in [5, 5.41) is 4.72. The Morgan fingerprint density at radius 3 is 2.85 bits per heavy atom. The average molecular weight is 361 g/mol. The van der Waals surface area contributed by atoms with E-state index in [0.717, 1.165) is 59.2 Å². The number of rotatable bonds is 3. The van der Waals surface area contributed by atoms with Crippen LogP contribution in [0.15, 0.2) is 30.5 Å². The highest BCUT2D eigenvalue weighted by atomic mass is 16.5. The molecule has 3 aliphatic rings. The van der Waals surface area contributed by atoms with E-state index in [1.807, 2.05) is 6.20 Å². The van der Waals surface area contributed by atoms with Crippen LogP contribution >= 0.6 is 0 Å². The summed E-state index contributed by atoms with van der Waals surface area (Å²) in [6, 6.07) is 8.42. The van der Waals surface area contributed by atoms with Crippen molar-refractivity contribution in [1.82, 2.24) is 15.0 Å². The Kier molecular flexibility index (Phi) is 3.41. The van der Waals surface area contributed by atoms with E-state index in [4.69, 9.17) is 14.7 Å². The first-order valence-electron chi connectivity index (χ1n) is 9.88. The van der Waals surface area contributed by atoms with E-state index < -0.39 is 0 Å². The van der Waals surface area contributed by atoms with Gasteiger partial charge in [-0.05, 0) is 55.4 Å². The van der Waals surface area contributed by atoms with E-state index in [1.165, 1.54) is 24.6 Å². The van der Waals surface area contributed by atoms with E-state index in [0.29, 0.717) is 13.2 Å². The smallest absolute Gasteiger partial charge is 0.227 e. The molecule has 27 heavy (non-hydrogen) atoms. The molecule has 2 N–H and O–H groups in total. The number of fused-ring (bicyclic) bond motifs is 4. The van der Waals surface area contributed by atoms with Crippen molar-refractivity contribution < 1.29 is 4.74 Å². The van der Waals surface area contributed by atoms with Crippen molar-refractivity contribution in [2.45, 2.75) is 32.5 Å². The van der Waals surface area contributed by atoms with Gasteiger partial charge >= 0.3 is 0 Å². The molecule has 2 atom stereocenters. The fraction of sp³-hybridized carbons (Fsp3) is 0.429. The van der Waals surface area contributed by atoms with Crippen LogP contribution in [0.5, 0.6) is 0 Å². The standard InChI is InChI=1S/C21H23N5O/c1-2-14-7-13(1)9-26(10-14)21-24-19-12-27-11-17(19)20(25-21)23-16-3-4-18-15(8-16)5-6-22-18/h3-6,8,13-14,22H,1-2,7,9-12H2,(H,23,24,25). The summed E-state index contributed by atoms with van der Waals surface area (Å²) in [6.45, 7) is 3.34. The molecular weight excluding hydrogens is 338 g/mol. The summed E-state index contributed by atoms with van der Waals surface area (Å²) in [5.41, 5.74) is 4.30. The summed E-state index contributed by atoms with van der Waals surface area (Å²) < 4.78 is 5.68. The molecule has 2 aromatic heterocycles. The third-order valence-electron chi connectivity index (χ3n) is 6.27. The minimum absolute atomic E-state index is 0.579. The van der Waals surface area contributed by atoms with Crippen LogP contribution in [0.4, 0.5) is 17.5 Å². The molecule has 2 bridgehead atoms. The second kappa shape index (κ2) is 5.96. The van der Waals surface area contributed by atoms with E-state index in [2.05, 4.69) is 39.5 Å². The number of anilines is 3. The van der Waals surface area contributed by atoms with Gasteiger partial charge in [-0.2, -0.15) is 4.98 Å². The van der Waals surface area contributed by atoms with Gasteiger partial charge < -0.3 is 19.9 Å². The van der Waals surface area contributed by atoms with Crippen LogP contribution in [-0.4, -0.2) is 28.0 Å². The van der Waals surface area contributed by atoms with Crippen LogP contribution in [0.2, 0.25) is 0 Å². The average Bonchev–Trinajstić information content (AvgIpc) is 3.41. The Bertz CT molecular complexity index is 1000. The largest absolute Gasteiger partial charge is 0.370 e. The zero-order valence-electron chi connectivity index (χ0n) is 15.2. The van der Waals surface area contributed by atoms with Crippen LogP contribution in [0.3, 0.4) is 0 Å². The molecule has 6 nitrogen and oxygen atoms in total. The molecular formula is C21H23N5O. The highest BCUT2D eigenvalue weighted by Crippen LogP contribution is 2.38. The molecule has 6 rings (SSSR count). The highest BCUT2D eigenvalue weighted by molar-refractivity contribution is 5.84. The Balaban J connectivity index is 1.36. The zero-order valence-corrected chi connectivity index (χ0v) is 15.2. The maximum Gasteiger partial charge on any atom is 0.227 e. The number of benzene rings is 1. The lowest BCUT2D eigenvalue weighted by molar-refractivity contribution is 0.133. The van der Waals surface area contributed by atoms with Gasteiger partial charge in [0.25, 0.3) is 0 Å². The Morgan fingerprint density at radius 2 is 1.96 bits per heavy atom. The number of piperidine rings is 1. The monoisotopic (exact) mass is 361 g/mol. The molecule has 2 unspecified atom stereocenters. The minimum Gasteiger partial charge on any atom is -0.370 e. The van der Waals surface area contributed by atoms with E-state index in [9.17, 15) is 0 Å². The molecule has 2 fully saturated rings. The third-order valence-corrected chi connectivity index (χ3v) is 6.27. The van der Waals surface area contributed by atoms with Gasteiger partial charge in [-0.1, -0.05) is 0 Å². The molecule has 1 aliphatic carbocycles. The van der Waals surface area contributed by atoms with Gasteiger partial charge in [0.05, 0.1) is 18.9 Å². The molecule has 6 heteroatoms. The summed E-state index contributed by atoms with van der Waals surface area (Å²) in [7, 11) is 0. The van der Waals surface area contributed by atoms with Crippen LogP contribution < -0.4 is 10.2 Å². The van der Waals surface area contributed by atoms with Crippen molar-refractivity contribution in [3.8, 4) is 0 Å². The van der Waals surface area contributed by atoms with Gasteiger partial charge in [0.1, 0.15) is 5.82 Å². The van der Waals surface area contributed by atoms with Gasteiger partial charge in [-0.25, -0.2) is 4.98 Å². The first-order valence-corrected chi connectivity index (χ1v) is 9.88. The van der Waals surface area contributed by atoms with Crippen molar-refractivity contribution in [3.05, 3.63) is 41.7 Å². The topological polar surface area (TPSA) is 66.1 Å². The SMILES string of the molecule is c1cc2cc(Nc3nc(N4CC5CCC(C5)C4)nc4c3COC4)ccc2[nH]1.